The van der Waals surface area contributed by atoms with Crippen molar-refractivity contribution >= 4 is 11.8 Å². The molecule has 0 aliphatic carbocycles. The summed E-state index contributed by atoms with van der Waals surface area (Å²) < 4.78 is 0. The van der Waals surface area contributed by atoms with Gasteiger partial charge < -0.3 is 10.2 Å². The van der Waals surface area contributed by atoms with Gasteiger partial charge in [0, 0.05) is 38.3 Å². The van der Waals surface area contributed by atoms with Crippen molar-refractivity contribution in [1.29, 1.82) is 0 Å². The van der Waals surface area contributed by atoms with Crippen molar-refractivity contribution < 1.29 is 9.59 Å². The molecule has 3 rings (SSSR count). The van der Waals surface area contributed by atoms with Crippen LogP contribution in [-0.2, 0) is 6.54 Å². The van der Waals surface area contributed by atoms with Gasteiger partial charge in [-0.25, -0.2) is 4.79 Å². The molecule has 1 saturated heterocycles. The molecule has 0 aromatic heterocycles. The summed E-state index contributed by atoms with van der Waals surface area (Å²) in [6.45, 7) is 9.71. The molecule has 1 aliphatic heterocycles. The van der Waals surface area contributed by atoms with Gasteiger partial charge >= 0.3 is 6.03 Å². The van der Waals surface area contributed by atoms with E-state index in [4.69, 9.17) is 0 Å². The lowest BCUT2D eigenvalue weighted by atomic mass is 9.96. The van der Waals surface area contributed by atoms with E-state index in [-0.39, 0.29) is 11.8 Å². The van der Waals surface area contributed by atoms with Crippen LogP contribution in [0.2, 0.25) is 0 Å². The van der Waals surface area contributed by atoms with Gasteiger partial charge in [0.2, 0.25) is 0 Å². The molecule has 0 radical (unpaired) electrons. The van der Waals surface area contributed by atoms with Crippen molar-refractivity contribution in [1.82, 2.24) is 15.1 Å². The molecule has 2 amide bonds. The Balaban J connectivity index is 1.49. The SMILES string of the molecule is Cc1cc(C)c(C(=O)CN2CCN(C(=O)NCc3ccccc3)CC2)c(C)c1. The van der Waals surface area contributed by atoms with E-state index in [9.17, 15) is 9.59 Å². The molecule has 2 aromatic rings. The molecule has 0 saturated carbocycles. The van der Waals surface area contributed by atoms with E-state index in [0.29, 0.717) is 39.3 Å². The minimum atomic E-state index is -0.0416. The Morgan fingerprint density at radius 1 is 0.929 bits per heavy atom. The van der Waals surface area contributed by atoms with E-state index >= 15 is 0 Å². The number of carbonyl (C=O) groups is 2. The summed E-state index contributed by atoms with van der Waals surface area (Å²) in [6, 6.07) is 14.0. The Bertz CT molecular complexity index is 817. The predicted octanol–water partition coefficient (Wildman–Crippen LogP) is 3.32. The number of amides is 2. The standard InChI is InChI=1S/C23H29N3O2/c1-17-13-18(2)22(19(3)14-17)21(27)16-25-9-11-26(12-10-25)23(28)24-15-20-7-5-4-6-8-20/h4-8,13-14H,9-12,15-16H2,1-3H3,(H,24,28). The van der Waals surface area contributed by atoms with Crippen LogP contribution in [0.25, 0.3) is 0 Å². The van der Waals surface area contributed by atoms with E-state index in [2.05, 4.69) is 29.3 Å². The van der Waals surface area contributed by atoms with Gasteiger partial charge in [0.05, 0.1) is 6.54 Å². The number of piperazine rings is 1. The fourth-order valence-corrected chi connectivity index (χ4v) is 3.90. The van der Waals surface area contributed by atoms with E-state index in [1.807, 2.05) is 49.1 Å². The Morgan fingerprint density at radius 2 is 1.54 bits per heavy atom. The van der Waals surface area contributed by atoms with Crippen LogP contribution in [0.4, 0.5) is 4.79 Å². The second-order valence-corrected chi connectivity index (χ2v) is 7.60. The number of hydrogen-bond donors (Lipinski definition) is 1. The highest BCUT2D eigenvalue weighted by Crippen LogP contribution is 2.18. The molecule has 0 atom stereocenters. The summed E-state index contributed by atoms with van der Waals surface area (Å²) >= 11 is 0. The van der Waals surface area contributed by atoms with Crippen LogP contribution >= 0.6 is 0 Å². The second kappa shape index (κ2) is 9.02. The van der Waals surface area contributed by atoms with E-state index < -0.39 is 0 Å². The number of nitrogens with one attached hydrogen (secondary N) is 1. The number of rotatable bonds is 5. The molecule has 0 unspecified atom stereocenters. The van der Waals surface area contributed by atoms with Crippen molar-refractivity contribution in [2.75, 3.05) is 32.7 Å². The smallest absolute Gasteiger partial charge is 0.317 e. The Hall–Kier alpha value is -2.66. The summed E-state index contributed by atoms with van der Waals surface area (Å²) in [5.74, 6) is 0.164. The third-order valence-electron chi connectivity index (χ3n) is 5.27. The van der Waals surface area contributed by atoms with Crippen molar-refractivity contribution in [2.24, 2.45) is 0 Å². The molecule has 1 heterocycles. The van der Waals surface area contributed by atoms with Crippen LogP contribution in [0.1, 0.15) is 32.6 Å². The molecule has 0 spiro atoms. The summed E-state index contributed by atoms with van der Waals surface area (Å²) in [4.78, 5) is 29.1. The molecule has 28 heavy (non-hydrogen) atoms. The van der Waals surface area contributed by atoms with Crippen LogP contribution in [0.3, 0.4) is 0 Å². The quantitative estimate of drug-likeness (QED) is 0.811. The summed E-state index contributed by atoms with van der Waals surface area (Å²) in [5.41, 5.74) is 5.20. The number of Topliss-reactive ketones (excluding diaryl/α,β-unsaturated/α-hetero) is 1. The average molecular weight is 380 g/mol. The van der Waals surface area contributed by atoms with Gasteiger partial charge in [0.15, 0.2) is 5.78 Å². The third-order valence-corrected chi connectivity index (χ3v) is 5.27. The molecule has 1 N–H and O–H groups in total. The van der Waals surface area contributed by atoms with Crippen molar-refractivity contribution in [2.45, 2.75) is 27.3 Å². The third kappa shape index (κ3) is 4.98. The monoisotopic (exact) mass is 379 g/mol. The van der Waals surface area contributed by atoms with Gasteiger partial charge in [-0.05, 0) is 37.5 Å². The molecule has 1 aliphatic rings. The lowest BCUT2D eigenvalue weighted by Gasteiger charge is -2.34. The second-order valence-electron chi connectivity index (χ2n) is 7.60. The normalized spacial score (nSPS) is 14.8. The van der Waals surface area contributed by atoms with Crippen LogP contribution in [-0.4, -0.2) is 54.3 Å². The van der Waals surface area contributed by atoms with Gasteiger partial charge in [0.25, 0.3) is 0 Å². The molecule has 0 bridgehead atoms. The fraction of sp³-hybridized carbons (Fsp3) is 0.391. The first-order valence-corrected chi connectivity index (χ1v) is 9.84. The van der Waals surface area contributed by atoms with Crippen molar-refractivity contribution in [3.05, 3.63) is 70.3 Å². The maximum atomic E-state index is 12.8. The van der Waals surface area contributed by atoms with Gasteiger partial charge in [-0.2, -0.15) is 0 Å². The summed E-state index contributed by atoms with van der Waals surface area (Å²) in [5, 5.41) is 2.97. The first-order valence-electron chi connectivity index (χ1n) is 9.84. The van der Waals surface area contributed by atoms with Gasteiger partial charge in [-0.1, -0.05) is 48.0 Å². The first kappa shape index (κ1) is 20.1. The molecule has 5 heteroatoms. The number of ketones is 1. The van der Waals surface area contributed by atoms with Crippen molar-refractivity contribution in [3.8, 4) is 0 Å². The van der Waals surface area contributed by atoms with Crippen LogP contribution in [0.15, 0.2) is 42.5 Å². The largest absolute Gasteiger partial charge is 0.334 e. The molecule has 148 valence electrons. The highest BCUT2D eigenvalue weighted by Gasteiger charge is 2.23. The lowest BCUT2D eigenvalue weighted by molar-refractivity contribution is 0.0877. The highest BCUT2D eigenvalue weighted by molar-refractivity contribution is 6.00. The predicted molar refractivity (Wildman–Crippen MR) is 112 cm³/mol. The Morgan fingerprint density at radius 3 is 2.14 bits per heavy atom. The average Bonchev–Trinajstić information content (AvgIpc) is 2.66. The number of nitrogens with zero attached hydrogens (tertiary/aromatic N) is 2. The maximum Gasteiger partial charge on any atom is 0.317 e. The van der Waals surface area contributed by atoms with Crippen LogP contribution in [0.5, 0.6) is 0 Å². The first-order chi connectivity index (χ1) is 13.4. The lowest BCUT2D eigenvalue weighted by Crippen LogP contribution is -2.52. The minimum absolute atomic E-state index is 0.0416. The van der Waals surface area contributed by atoms with E-state index in [1.54, 1.807) is 0 Å². The van der Waals surface area contributed by atoms with Gasteiger partial charge in [-0.3, -0.25) is 9.69 Å². The Kier molecular flexibility index (Phi) is 6.47. The molecular formula is C23H29N3O2. The number of benzene rings is 2. The van der Waals surface area contributed by atoms with Gasteiger partial charge in [0.1, 0.15) is 0 Å². The zero-order valence-electron chi connectivity index (χ0n) is 17.0. The summed E-state index contributed by atoms with van der Waals surface area (Å²) in [7, 11) is 0. The summed E-state index contributed by atoms with van der Waals surface area (Å²) in [6.07, 6.45) is 0. The Labute approximate surface area is 167 Å². The zero-order valence-corrected chi connectivity index (χ0v) is 17.0. The van der Waals surface area contributed by atoms with E-state index in [1.165, 1.54) is 5.56 Å². The number of carbonyl (C=O) groups excluding carboxylic acids is 2. The zero-order chi connectivity index (χ0) is 20.1. The van der Waals surface area contributed by atoms with Gasteiger partial charge in [-0.15, -0.1) is 0 Å². The molecule has 2 aromatic carbocycles. The number of urea groups is 1. The highest BCUT2D eigenvalue weighted by atomic mass is 16.2. The maximum absolute atomic E-state index is 12.8. The van der Waals surface area contributed by atoms with Crippen LogP contribution < -0.4 is 5.32 Å². The topological polar surface area (TPSA) is 52.7 Å². The van der Waals surface area contributed by atoms with Crippen LogP contribution in [0, 0.1) is 20.8 Å². The molecular weight excluding hydrogens is 350 g/mol. The molecule has 5 nitrogen and oxygen atoms in total. The number of hydrogen-bond acceptors (Lipinski definition) is 3. The van der Waals surface area contributed by atoms with Crippen molar-refractivity contribution in [3.63, 3.8) is 0 Å². The minimum Gasteiger partial charge on any atom is -0.334 e. The molecule has 1 fully saturated rings. The fourth-order valence-electron chi connectivity index (χ4n) is 3.90. The number of aryl methyl sites for hydroxylation is 3. The van der Waals surface area contributed by atoms with E-state index in [0.717, 1.165) is 22.3 Å².